The Kier molecular flexibility index (Phi) is 12.4. The molecule has 0 aromatic carbocycles. The van der Waals surface area contributed by atoms with Gasteiger partial charge in [-0.25, -0.2) is 4.98 Å². The number of hydrogen-bond donors (Lipinski definition) is 2. The summed E-state index contributed by atoms with van der Waals surface area (Å²) in [5.41, 5.74) is 6.29. The minimum absolute atomic E-state index is 1.05. The van der Waals surface area contributed by atoms with Gasteiger partial charge in [0.1, 0.15) is 0 Å². The second-order valence-electron chi connectivity index (χ2n) is 7.84. The van der Waals surface area contributed by atoms with Crippen LogP contribution in [0.5, 0.6) is 0 Å². The van der Waals surface area contributed by atoms with Crippen molar-refractivity contribution in [3.63, 3.8) is 0 Å². The smallest absolute Gasteiger partial charge is 0.0919 e. The van der Waals surface area contributed by atoms with Gasteiger partial charge in [0.2, 0.25) is 0 Å². The first kappa shape index (κ1) is 21.7. The summed E-state index contributed by atoms with van der Waals surface area (Å²) in [5.74, 6) is 0. The van der Waals surface area contributed by atoms with E-state index in [0.29, 0.717) is 0 Å². The summed E-state index contributed by atoms with van der Waals surface area (Å²) in [6.45, 7) is 1.05. The number of aromatic amines is 1. The molecule has 0 spiro atoms. The zero-order valence-corrected chi connectivity index (χ0v) is 17.2. The van der Waals surface area contributed by atoms with Gasteiger partial charge in [0, 0.05) is 18.9 Å². The van der Waals surface area contributed by atoms with Crippen LogP contribution < -0.4 is 5.43 Å². The predicted octanol–water partition coefficient (Wildman–Crippen LogP) is 6.54. The average molecular weight is 373 g/mol. The second-order valence-corrected chi connectivity index (χ2v) is 7.84. The second kappa shape index (κ2) is 15.5. The summed E-state index contributed by atoms with van der Waals surface area (Å²) in [4.78, 5) is 6.42. The van der Waals surface area contributed by atoms with E-state index < -0.39 is 0 Å². The van der Waals surface area contributed by atoms with Gasteiger partial charge in [-0.1, -0.05) is 63.9 Å². The first-order valence-corrected chi connectivity index (χ1v) is 11.4. The highest BCUT2D eigenvalue weighted by atomic mass is 15.3. The molecule has 1 aromatic heterocycles. The van der Waals surface area contributed by atoms with E-state index >= 15 is 0 Å². The lowest BCUT2D eigenvalue weighted by atomic mass is 9.97. The van der Waals surface area contributed by atoms with E-state index in [2.05, 4.69) is 21.5 Å². The quantitative estimate of drug-likeness (QED) is 0.588. The third-order valence-corrected chi connectivity index (χ3v) is 5.48. The topological polar surface area (TPSA) is 53.1 Å². The lowest BCUT2D eigenvalue weighted by Gasteiger charge is -2.12. The van der Waals surface area contributed by atoms with E-state index in [9.17, 15) is 0 Å². The fourth-order valence-electron chi connectivity index (χ4n) is 3.84. The molecular weight excluding hydrogens is 332 g/mol. The van der Waals surface area contributed by atoms with Crippen molar-refractivity contribution in [2.75, 3.05) is 6.54 Å². The van der Waals surface area contributed by atoms with E-state index in [-0.39, 0.29) is 0 Å². The maximum atomic E-state index is 4.80. The third kappa shape index (κ3) is 11.0. The molecule has 0 atom stereocenters. The van der Waals surface area contributed by atoms with Crippen molar-refractivity contribution in [3.8, 4) is 0 Å². The Morgan fingerprint density at radius 1 is 0.704 bits per heavy atom. The molecule has 0 saturated heterocycles. The summed E-state index contributed by atoms with van der Waals surface area (Å²) in [7, 11) is 0. The number of H-pyrrole nitrogens is 1. The third-order valence-electron chi connectivity index (χ3n) is 5.48. The molecule has 2 aliphatic rings. The number of aromatic nitrogens is 2. The Morgan fingerprint density at radius 2 is 1.37 bits per heavy atom. The van der Waals surface area contributed by atoms with Gasteiger partial charge >= 0.3 is 0 Å². The number of nitrogens with one attached hydrogen (secondary N) is 2. The largest absolute Gasteiger partial charge is 0.351 e. The Balaban J connectivity index is 0.000000451. The van der Waals surface area contributed by atoms with Crippen LogP contribution in [0.3, 0.4) is 0 Å². The molecule has 0 fully saturated rings. The molecule has 152 valence electrons. The first-order chi connectivity index (χ1) is 13.5. The summed E-state index contributed by atoms with van der Waals surface area (Å²) >= 11 is 0. The minimum atomic E-state index is 1.05. The van der Waals surface area contributed by atoms with Crippen LogP contribution >= 0.6 is 0 Å². The van der Waals surface area contributed by atoms with Crippen molar-refractivity contribution in [3.05, 3.63) is 30.4 Å². The van der Waals surface area contributed by atoms with Crippen LogP contribution in [0.2, 0.25) is 0 Å². The summed E-state index contributed by atoms with van der Waals surface area (Å²) < 4.78 is 0. The molecule has 0 amide bonds. The van der Waals surface area contributed by atoms with Crippen LogP contribution in [0.4, 0.5) is 0 Å². The van der Waals surface area contributed by atoms with E-state index in [1.807, 2.05) is 0 Å². The van der Waals surface area contributed by atoms with Gasteiger partial charge in [0.15, 0.2) is 0 Å². The van der Waals surface area contributed by atoms with Crippen LogP contribution in [0, 0.1) is 0 Å². The van der Waals surface area contributed by atoms with Crippen molar-refractivity contribution < 1.29 is 0 Å². The van der Waals surface area contributed by atoms with Gasteiger partial charge in [0.25, 0.3) is 0 Å². The molecule has 3 rings (SSSR count). The zero-order chi connectivity index (χ0) is 18.8. The molecule has 4 heteroatoms. The van der Waals surface area contributed by atoms with Crippen LogP contribution in [0.15, 0.2) is 35.5 Å². The fraction of sp³-hybridized carbons (Fsp3) is 0.739. The molecule has 0 saturated carbocycles. The van der Waals surface area contributed by atoms with Crippen LogP contribution in [-0.4, -0.2) is 22.2 Å². The van der Waals surface area contributed by atoms with Gasteiger partial charge in [-0.2, -0.15) is 5.10 Å². The number of hydrogen-bond acceptors (Lipinski definition) is 3. The van der Waals surface area contributed by atoms with Crippen molar-refractivity contribution in [1.29, 1.82) is 0 Å². The predicted molar refractivity (Wildman–Crippen MR) is 116 cm³/mol. The summed E-state index contributed by atoms with van der Waals surface area (Å²) in [6, 6.07) is 0. The molecule has 2 heterocycles. The van der Waals surface area contributed by atoms with Crippen molar-refractivity contribution in [1.82, 2.24) is 15.4 Å². The molecule has 27 heavy (non-hydrogen) atoms. The van der Waals surface area contributed by atoms with E-state index in [4.69, 9.17) is 5.10 Å². The Bertz CT molecular complexity index is 453. The molecule has 4 nitrogen and oxygen atoms in total. The Morgan fingerprint density at radius 3 is 2.04 bits per heavy atom. The normalized spacial score (nSPS) is 21.0. The van der Waals surface area contributed by atoms with E-state index in [0.717, 1.165) is 6.54 Å². The van der Waals surface area contributed by atoms with Crippen LogP contribution in [-0.2, 0) is 0 Å². The number of hydrazone groups is 1. The number of imidazole rings is 1. The van der Waals surface area contributed by atoms with Gasteiger partial charge in [-0.05, 0) is 50.5 Å². The van der Waals surface area contributed by atoms with Gasteiger partial charge in [-0.15, -0.1) is 0 Å². The lowest BCUT2D eigenvalue weighted by molar-refractivity contribution is 0.586. The maximum absolute atomic E-state index is 4.80. The van der Waals surface area contributed by atoms with Gasteiger partial charge < -0.3 is 10.4 Å². The number of rotatable bonds is 1. The maximum Gasteiger partial charge on any atom is 0.0919 e. The van der Waals surface area contributed by atoms with Gasteiger partial charge in [0.05, 0.1) is 12.0 Å². The molecule has 0 bridgehead atoms. The highest BCUT2D eigenvalue weighted by Crippen LogP contribution is 2.20. The van der Waals surface area contributed by atoms with Crippen LogP contribution in [0.25, 0.3) is 0 Å². The molecule has 1 aliphatic carbocycles. The van der Waals surface area contributed by atoms with E-state index in [1.165, 1.54) is 108 Å². The average Bonchev–Trinajstić information content (AvgIpc) is 3.23. The number of allylic oxidation sites excluding steroid dienone is 2. The highest BCUT2D eigenvalue weighted by Gasteiger charge is 2.09. The molecule has 1 aromatic rings. The monoisotopic (exact) mass is 372 g/mol. The fourth-order valence-corrected chi connectivity index (χ4v) is 3.84. The summed E-state index contributed by atoms with van der Waals surface area (Å²) in [5, 5.41) is 4.80. The Labute approximate surface area is 166 Å². The molecule has 2 N–H and O–H groups in total. The van der Waals surface area contributed by atoms with Crippen molar-refractivity contribution in [2.45, 2.75) is 103 Å². The summed E-state index contributed by atoms with van der Waals surface area (Å²) in [6.07, 6.45) is 29.3. The van der Waals surface area contributed by atoms with Gasteiger partial charge in [-0.3, -0.25) is 0 Å². The number of nitrogens with zero attached hydrogens (tertiary/aromatic N) is 2. The molecule has 1 aliphatic heterocycles. The first-order valence-electron chi connectivity index (χ1n) is 11.4. The zero-order valence-electron chi connectivity index (χ0n) is 17.2. The van der Waals surface area contributed by atoms with Crippen LogP contribution in [0.1, 0.15) is 103 Å². The lowest BCUT2D eigenvalue weighted by Crippen LogP contribution is -2.14. The SMILES string of the molecule is C1=C(C2=NNCCCCCCCC2)CCCCCCCCC1.c1c[nH]cn1. The van der Waals surface area contributed by atoms with Crippen molar-refractivity contribution in [2.24, 2.45) is 5.10 Å². The molecule has 0 radical (unpaired) electrons. The minimum Gasteiger partial charge on any atom is -0.351 e. The molecular formula is C23H40N4. The standard InChI is InChI=1S/C20H36N2.C3H4N2/c1-2-4-8-12-16-19(15-11-7-3-1)20-17-13-9-5-6-10-14-18-21-22-20;1-2-5-3-4-1/h15,21H,1-14,16-18H2;1-3H,(H,4,5). The van der Waals surface area contributed by atoms with E-state index in [1.54, 1.807) is 24.3 Å². The Hall–Kier alpha value is -1.58. The molecule has 0 unspecified atom stereocenters. The van der Waals surface area contributed by atoms with Crippen molar-refractivity contribution >= 4 is 5.71 Å². The highest BCUT2D eigenvalue weighted by molar-refractivity contribution is 5.99.